The molecule has 5 nitrogen and oxygen atoms in total. The van der Waals surface area contributed by atoms with E-state index in [0.717, 1.165) is 16.4 Å². The third kappa shape index (κ3) is 3.35. The number of rotatable bonds is 5. The number of hydrogen-bond acceptors (Lipinski definition) is 5. The smallest absolute Gasteiger partial charge is 0.247 e. The minimum atomic E-state index is 0.572. The van der Waals surface area contributed by atoms with E-state index in [2.05, 4.69) is 28.6 Å². The second-order valence-corrected chi connectivity index (χ2v) is 7.47. The molecule has 0 N–H and O–H groups in total. The van der Waals surface area contributed by atoms with Crippen molar-refractivity contribution in [2.75, 3.05) is 0 Å². The molecule has 1 aromatic carbocycles. The molecular formula is C19H22N4OS. The number of aromatic nitrogens is 4. The molecule has 0 unspecified atom stereocenters. The molecule has 0 bridgehead atoms. The molecule has 3 aromatic rings. The standard InChI is InChI=1S/C19H22N4OS/c1-13-14(2)23(16-10-6-7-11-16)19(20-13)25-12-17-21-22-18(24-17)15-8-4-3-5-9-15/h3-5,8-9,16H,6-7,10-12H2,1-2H3. The molecule has 0 aliphatic heterocycles. The maximum atomic E-state index is 5.81. The lowest BCUT2D eigenvalue weighted by atomic mass is 10.2. The van der Waals surface area contributed by atoms with Gasteiger partial charge in [-0.05, 0) is 38.8 Å². The summed E-state index contributed by atoms with van der Waals surface area (Å²) in [6, 6.07) is 10.5. The first-order valence-corrected chi connectivity index (χ1v) is 9.77. The zero-order valence-corrected chi connectivity index (χ0v) is 15.4. The van der Waals surface area contributed by atoms with Crippen LogP contribution in [0.25, 0.3) is 11.5 Å². The highest BCUT2D eigenvalue weighted by atomic mass is 32.2. The molecule has 0 amide bonds. The number of hydrogen-bond donors (Lipinski definition) is 0. The Labute approximate surface area is 151 Å². The summed E-state index contributed by atoms with van der Waals surface area (Å²) in [4.78, 5) is 4.77. The zero-order valence-electron chi connectivity index (χ0n) is 14.6. The minimum absolute atomic E-state index is 0.572. The second kappa shape index (κ2) is 7.04. The van der Waals surface area contributed by atoms with Gasteiger partial charge in [0.25, 0.3) is 0 Å². The Morgan fingerprint density at radius 1 is 1.12 bits per heavy atom. The summed E-state index contributed by atoms with van der Waals surface area (Å²) in [7, 11) is 0. The maximum Gasteiger partial charge on any atom is 0.247 e. The first kappa shape index (κ1) is 16.4. The molecule has 2 aromatic heterocycles. The molecule has 0 spiro atoms. The highest BCUT2D eigenvalue weighted by molar-refractivity contribution is 7.98. The lowest BCUT2D eigenvalue weighted by Gasteiger charge is -2.16. The van der Waals surface area contributed by atoms with E-state index in [9.17, 15) is 0 Å². The van der Waals surface area contributed by atoms with Gasteiger partial charge < -0.3 is 8.98 Å². The lowest BCUT2D eigenvalue weighted by Crippen LogP contribution is -2.08. The molecule has 6 heteroatoms. The highest BCUT2D eigenvalue weighted by Crippen LogP contribution is 2.36. The van der Waals surface area contributed by atoms with Crippen LogP contribution in [0.2, 0.25) is 0 Å². The molecule has 130 valence electrons. The first-order valence-electron chi connectivity index (χ1n) is 8.78. The van der Waals surface area contributed by atoms with Crippen molar-refractivity contribution in [3.8, 4) is 11.5 Å². The van der Waals surface area contributed by atoms with E-state index in [1.807, 2.05) is 30.3 Å². The second-order valence-electron chi connectivity index (χ2n) is 6.53. The predicted octanol–water partition coefficient (Wildman–Crippen LogP) is 4.96. The molecule has 2 heterocycles. The summed E-state index contributed by atoms with van der Waals surface area (Å²) < 4.78 is 8.23. The van der Waals surface area contributed by atoms with Gasteiger partial charge in [-0.3, -0.25) is 0 Å². The van der Waals surface area contributed by atoms with Gasteiger partial charge in [0.05, 0.1) is 11.4 Å². The summed E-state index contributed by atoms with van der Waals surface area (Å²) in [6.07, 6.45) is 5.14. The van der Waals surface area contributed by atoms with Crippen molar-refractivity contribution in [1.29, 1.82) is 0 Å². The molecule has 25 heavy (non-hydrogen) atoms. The molecule has 0 atom stereocenters. The van der Waals surface area contributed by atoms with E-state index in [1.165, 1.54) is 31.4 Å². The van der Waals surface area contributed by atoms with Crippen molar-refractivity contribution >= 4 is 11.8 Å². The predicted molar refractivity (Wildman–Crippen MR) is 98.5 cm³/mol. The van der Waals surface area contributed by atoms with Gasteiger partial charge in [-0.1, -0.05) is 42.8 Å². The summed E-state index contributed by atoms with van der Waals surface area (Å²) in [5, 5.41) is 9.42. The monoisotopic (exact) mass is 354 g/mol. The van der Waals surface area contributed by atoms with Gasteiger partial charge in [-0.25, -0.2) is 4.98 Å². The minimum Gasteiger partial charge on any atom is -0.420 e. The molecule has 1 saturated carbocycles. The van der Waals surface area contributed by atoms with Crippen molar-refractivity contribution < 1.29 is 4.42 Å². The fourth-order valence-corrected chi connectivity index (χ4v) is 4.42. The van der Waals surface area contributed by atoms with E-state index >= 15 is 0 Å². The first-order chi connectivity index (χ1) is 12.2. The maximum absolute atomic E-state index is 5.81. The van der Waals surface area contributed by atoms with Crippen LogP contribution in [-0.4, -0.2) is 19.7 Å². The number of nitrogens with zero attached hydrogens (tertiary/aromatic N) is 4. The summed E-state index contributed by atoms with van der Waals surface area (Å²) >= 11 is 1.69. The highest BCUT2D eigenvalue weighted by Gasteiger charge is 2.23. The Balaban J connectivity index is 1.50. The van der Waals surface area contributed by atoms with Crippen LogP contribution in [0.4, 0.5) is 0 Å². The third-order valence-corrected chi connectivity index (χ3v) is 5.79. The molecular weight excluding hydrogens is 332 g/mol. The van der Waals surface area contributed by atoms with Gasteiger partial charge in [0, 0.05) is 17.3 Å². The quantitative estimate of drug-likeness (QED) is 0.606. The fraction of sp³-hybridized carbons (Fsp3) is 0.421. The van der Waals surface area contributed by atoms with Gasteiger partial charge in [-0.2, -0.15) is 0 Å². The SMILES string of the molecule is Cc1nc(SCc2nnc(-c3ccccc3)o2)n(C2CCCC2)c1C. The van der Waals surface area contributed by atoms with Crippen LogP contribution in [0, 0.1) is 13.8 Å². The van der Waals surface area contributed by atoms with Crippen LogP contribution < -0.4 is 0 Å². The number of benzene rings is 1. The van der Waals surface area contributed by atoms with Crippen LogP contribution in [0.5, 0.6) is 0 Å². The van der Waals surface area contributed by atoms with Crippen LogP contribution in [-0.2, 0) is 5.75 Å². The lowest BCUT2D eigenvalue weighted by molar-refractivity contribution is 0.470. The van der Waals surface area contributed by atoms with Gasteiger partial charge in [-0.15, -0.1) is 10.2 Å². The summed E-state index contributed by atoms with van der Waals surface area (Å²) in [6.45, 7) is 4.26. The van der Waals surface area contributed by atoms with E-state index in [-0.39, 0.29) is 0 Å². The molecule has 1 fully saturated rings. The Kier molecular flexibility index (Phi) is 4.61. The molecule has 0 saturated heterocycles. The van der Waals surface area contributed by atoms with E-state index in [4.69, 9.17) is 9.40 Å². The van der Waals surface area contributed by atoms with Crippen LogP contribution in [0.15, 0.2) is 39.9 Å². The van der Waals surface area contributed by atoms with Crippen LogP contribution in [0.1, 0.15) is 49.0 Å². The Hall–Kier alpha value is -2.08. The van der Waals surface area contributed by atoms with E-state index in [1.54, 1.807) is 11.8 Å². The Morgan fingerprint density at radius 3 is 2.64 bits per heavy atom. The van der Waals surface area contributed by atoms with E-state index < -0.39 is 0 Å². The number of imidazole rings is 1. The summed E-state index contributed by atoms with van der Waals surface area (Å²) in [5.74, 6) is 1.85. The zero-order chi connectivity index (χ0) is 17.2. The topological polar surface area (TPSA) is 56.7 Å². The largest absolute Gasteiger partial charge is 0.420 e. The fourth-order valence-electron chi connectivity index (χ4n) is 3.43. The Morgan fingerprint density at radius 2 is 1.88 bits per heavy atom. The van der Waals surface area contributed by atoms with Gasteiger partial charge >= 0.3 is 0 Å². The molecule has 0 radical (unpaired) electrons. The average molecular weight is 354 g/mol. The van der Waals surface area contributed by atoms with E-state index in [0.29, 0.717) is 23.6 Å². The molecule has 1 aliphatic carbocycles. The van der Waals surface area contributed by atoms with Crippen LogP contribution >= 0.6 is 11.8 Å². The number of thioether (sulfide) groups is 1. The normalized spacial score (nSPS) is 15.1. The summed E-state index contributed by atoms with van der Waals surface area (Å²) in [5.41, 5.74) is 3.35. The Bertz CT molecular complexity index is 850. The molecule has 4 rings (SSSR count). The van der Waals surface area contributed by atoms with Crippen molar-refractivity contribution in [3.05, 3.63) is 47.6 Å². The van der Waals surface area contributed by atoms with Crippen molar-refractivity contribution in [1.82, 2.24) is 19.7 Å². The van der Waals surface area contributed by atoms with Crippen molar-refractivity contribution in [2.45, 2.75) is 56.5 Å². The van der Waals surface area contributed by atoms with Gasteiger partial charge in [0.15, 0.2) is 5.16 Å². The molecule has 1 aliphatic rings. The van der Waals surface area contributed by atoms with Crippen molar-refractivity contribution in [3.63, 3.8) is 0 Å². The average Bonchev–Trinajstić information content (AvgIpc) is 3.36. The van der Waals surface area contributed by atoms with Gasteiger partial charge in [0.1, 0.15) is 0 Å². The van der Waals surface area contributed by atoms with Crippen LogP contribution in [0.3, 0.4) is 0 Å². The van der Waals surface area contributed by atoms with Gasteiger partial charge in [0.2, 0.25) is 11.8 Å². The third-order valence-electron chi connectivity index (χ3n) is 4.86. The van der Waals surface area contributed by atoms with Crippen molar-refractivity contribution in [2.24, 2.45) is 0 Å². The number of aryl methyl sites for hydroxylation is 1.